The average Bonchev–Trinajstić information content (AvgIpc) is 3.39. The van der Waals surface area contributed by atoms with Crippen LogP contribution in [0.3, 0.4) is 0 Å². The Hall–Kier alpha value is -4.66. The summed E-state index contributed by atoms with van der Waals surface area (Å²) < 4.78 is 54.6. The van der Waals surface area contributed by atoms with E-state index in [0.29, 0.717) is 0 Å². The summed E-state index contributed by atoms with van der Waals surface area (Å²) in [7, 11) is 0. The highest BCUT2D eigenvalue weighted by molar-refractivity contribution is 5.68. The van der Waals surface area contributed by atoms with Crippen LogP contribution in [0, 0.1) is 0 Å². The molecule has 1 unspecified atom stereocenters. The molecule has 0 bridgehead atoms. The number of benzene rings is 3. The lowest BCUT2D eigenvalue weighted by atomic mass is 9.97. The maximum Gasteiger partial charge on any atom is 0.305 e. The second kappa shape index (κ2) is 18.7. The molecule has 52 heavy (non-hydrogen) atoms. The monoisotopic (exact) mass is 720 g/mol. The summed E-state index contributed by atoms with van der Waals surface area (Å²) in [6.07, 6.45) is -10.1. The van der Waals surface area contributed by atoms with E-state index in [-0.39, 0.29) is 26.2 Å². The lowest BCUT2D eigenvalue weighted by molar-refractivity contribution is -0.331. The van der Waals surface area contributed by atoms with Crippen molar-refractivity contribution in [3.05, 3.63) is 108 Å². The van der Waals surface area contributed by atoms with Gasteiger partial charge in [0.05, 0.1) is 25.9 Å². The van der Waals surface area contributed by atoms with Gasteiger partial charge in [-0.3, -0.25) is 19.2 Å². The predicted octanol–water partition coefficient (Wildman–Crippen LogP) is 4.22. The first kappa shape index (κ1) is 38.6. The van der Waals surface area contributed by atoms with Crippen LogP contribution >= 0.6 is 0 Å². The predicted molar refractivity (Wildman–Crippen MR) is 182 cm³/mol. The van der Waals surface area contributed by atoms with E-state index in [1.165, 1.54) is 27.7 Å². The van der Waals surface area contributed by atoms with Crippen molar-refractivity contribution >= 4 is 23.9 Å². The zero-order valence-electron chi connectivity index (χ0n) is 29.5. The van der Waals surface area contributed by atoms with E-state index in [1.54, 1.807) is 0 Å². The van der Waals surface area contributed by atoms with E-state index in [0.717, 1.165) is 16.7 Å². The van der Waals surface area contributed by atoms with E-state index in [9.17, 15) is 19.2 Å². The van der Waals surface area contributed by atoms with Crippen LogP contribution in [0.4, 0.5) is 0 Å². The first-order chi connectivity index (χ1) is 25.1. The van der Waals surface area contributed by atoms with Crippen LogP contribution in [0.1, 0.15) is 44.4 Å². The largest absolute Gasteiger partial charge is 0.456 e. The molecule has 3 aromatic rings. The molecule has 2 aliphatic heterocycles. The Bertz CT molecular complexity index is 1600. The summed E-state index contributed by atoms with van der Waals surface area (Å²) in [5, 5.41) is 0. The number of rotatable bonds is 15. The van der Waals surface area contributed by atoms with Crippen molar-refractivity contribution in [1.29, 1.82) is 0 Å². The van der Waals surface area contributed by atoms with Gasteiger partial charge in [0.2, 0.25) is 6.29 Å². The number of esters is 4. The molecule has 3 aromatic carbocycles. The Labute approximate surface area is 302 Å². The van der Waals surface area contributed by atoms with Gasteiger partial charge < -0.3 is 42.6 Å². The van der Waals surface area contributed by atoms with Gasteiger partial charge in [-0.15, -0.1) is 0 Å². The Morgan fingerprint density at radius 2 is 0.981 bits per heavy atom. The molecule has 9 atom stereocenters. The molecular formula is C39H44O13. The molecular weight excluding hydrogens is 676 g/mol. The Balaban J connectivity index is 1.52. The summed E-state index contributed by atoms with van der Waals surface area (Å²) in [6, 6.07) is 28.1. The molecule has 13 heteroatoms. The molecule has 0 spiro atoms. The molecule has 5 rings (SSSR count). The molecule has 0 aromatic heterocycles. The van der Waals surface area contributed by atoms with Gasteiger partial charge in [-0.2, -0.15) is 0 Å². The third kappa shape index (κ3) is 10.9. The summed E-state index contributed by atoms with van der Waals surface area (Å²) in [4.78, 5) is 49.7. The quantitative estimate of drug-likeness (QED) is 0.163. The number of ether oxygens (including phenoxy) is 9. The van der Waals surface area contributed by atoms with E-state index >= 15 is 0 Å². The maximum absolute atomic E-state index is 12.6. The topological polar surface area (TPSA) is 151 Å². The molecule has 2 aliphatic rings. The summed E-state index contributed by atoms with van der Waals surface area (Å²) in [5.41, 5.74) is 2.55. The third-order valence-electron chi connectivity index (χ3n) is 8.30. The van der Waals surface area contributed by atoms with Crippen LogP contribution in [0.15, 0.2) is 91.0 Å². The Morgan fingerprint density at radius 1 is 0.500 bits per heavy atom. The van der Waals surface area contributed by atoms with Crippen LogP contribution in [-0.2, 0) is 81.4 Å². The van der Waals surface area contributed by atoms with E-state index in [2.05, 4.69) is 0 Å². The van der Waals surface area contributed by atoms with E-state index in [1.807, 2.05) is 91.0 Å². The van der Waals surface area contributed by atoms with Gasteiger partial charge >= 0.3 is 23.9 Å². The lowest BCUT2D eigenvalue weighted by Gasteiger charge is -2.45. The molecule has 13 nitrogen and oxygen atoms in total. The fourth-order valence-electron chi connectivity index (χ4n) is 6.19. The van der Waals surface area contributed by atoms with Gasteiger partial charge in [0.1, 0.15) is 18.3 Å². The maximum atomic E-state index is 12.6. The van der Waals surface area contributed by atoms with Crippen molar-refractivity contribution in [1.82, 2.24) is 0 Å². The van der Waals surface area contributed by atoms with Crippen LogP contribution in [0.5, 0.6) is 0 Å². The minimum Gasteiger partial charge on any atom is -0.456 e. The fraction of sp³-hybridized carbons (Fsp3) is 0.436. The van der Waals surface area contributed by atoms with Gasteiger partial charge in [0, 0.05) is 34.1 Å². The highest BCUT2D eigenvalue weighted by Crippen LogP contribution is 2.36. The summed E-state index contributed by atoms with van der Waals surface area (Å²) >= 11 is 0. The highest BCUT2D eigenvalue weighted by Gasteiger charge is 2.56. The fourth-order valence-corrected chi connectivity index (χ4v) is 6.19. The second-order valence-corrected chi connectivity index (χ2v) is 12.5. The van der Waals surface area contributed by atoms with Gasteiger partial charge in [0.15, 0.2) is 24.6 Å². The number of hydrogen-bond acceptors (Lipinski definition) is 13. The molecule has 2 heterocycles. The number of hydrogen-bond donors (Lipinski definition) is 0. The van der Waals surface area contributed by atoms with Crippen LogP contribution in [-0.4, -0.2) is 85.8 Å². The molecule has 2 saturated heterocycles. The minimum absolute atomic E-state index is 0.0342. The summed E-state index contributed by atoms with van der Waals surface area (Å²) in [5.74, 6) is -2.64. The van der Waals surface area contributed by atoms with Crippen LogP contribution in [0.2, 0.25) is 0 Å². The molecule has 0 amide bonds. The standard InChI is InChI=1S/C39H44O13/c1-24(40)46-34-32(23-44-21-29-16-10-6-11-17-29)51-38(36(35(34)47-25(2)41)45-22-30-18-12-7-13-19-30)52-33-31(20-28-14-8-5-9-15-28)50-39(49-27(4)43)37(33)48-26(3)42/h5-19,31-39H,20-23H2,1-4H3/t31-,32-,33-,34-,35+,36-,37-,38-,39?/m1/s1. The average molecular weight is 721 g/mol. The van der Waals surface area contributed by atoms with Crippen molar-refractivity contribution in [3.8, 4) is 0 Å². The van der Waals surface area contributed by atoms with Crippen molar-refractivity contribution in [2.75, 3.05) is 6.61 Å². The molecule has 0 radical (unpaired) electrons. The van der Waals surface area contributed by atoms with Crippen molar-refractivity contribution in [3.63, 3.8) is 0 Å². The van der Waals surface area contributed by atoms with Gasteiger partial charge in [-0.05, 0) is 16.7 Å². The van der Waals surface area contributed by atoms with Crippen LogP contribution < -0.4 is 0 Å². The van der Waals surface area contributed by atoms with E-state index in [4.69, 9.17) is 42.6 Å². The van der Waals surface area contributed by atoms with Gasteiger partial charge in [-0.25, -0.2) is 0 Å². The second-order valence-electron chi connectivity index (χ2n) is 12.5. The zero-order chi connectivity index (χ0) is 37.0. The van der Waals surface area contributed by atoms with Crippen molar-refractivity contribution < 1.29 is 61.8 Å². The Morgan fingerprint density at radius 3 is 1.54 bits per heavy atom. The zero-order valence-corrected chi connectivity index (χ0v) is 29.5. The minimum atomic E-state index is -1.34. The molecule has 278 valence electrons. The number of carbonyl (C=O) groups is 4. The number of carbonyl (C=O) groups excluding carboxylic acids is 4. The molecule has 0 aliphatic carbocycles. The lowest BCUT2D eigenvalue weighted by Crippen LogP contribution is -2.63. The molecule has 0 saturated carbocycles. The van der Waals surface area contributed by atoms with Gasteiger partial charge in [-0.1, -0.05) is 91.0 Å². The molecule has 0 N–H and O–H groups in total. The van der Waals surface area contributed by atoms with Crippen molar-refractivity contribution in [2.45, 2.75) is 103 Å². The normalized spacial score (nSPS) is 27.0. The van der Waals surface area contributed by atoms with Crippen molar-refractivity contribution in [2.24, 2.45) is 0 Å². The molecule has 2 fully saturated rings. The first-order valence-corrected chi connectivity index (χ1v) is 17.0. The smallest absolute Gasteiger partial charge is 0.305 e. The van der Waals surface area contributed by atoms with E-state index < -0.39 is 79.2 Å². The van der Waals surface area contributed by atoms with Crippen LogP contribution in [0.25, 0.3) is 0 Å². The summed E-state index contributed by atoms with van der Waals surface area (Å²) in [6.45, 7) is 5.03. The first-order valence-electron chi connectivity index (χ1n) is 17.0. The highest BCUT2D eigenvalue weighted by atomic mass is 16.8. The Kier molecular flexibility index (Phi) is 13.9. The third-order valence-corrected chi connectivity index (χ3v) is 8.30. The SMILES string of the molecule is CC(=O)OC1O[C@H](Cc2ccccc2)[C@@H](O[C@H]2O[C@H](COCc3ccccc3)[C@@H](OC(C)=O)[C@H](OC(C)=O)[C@H]2OCc2ccccc2)[C@H]1OC(C)=O. The van der Waals surface area contributed by atoms with Gasteiger partial charge in [0.25, 0.3) is 0 Å².